The van der Waals surface area contributed by atoms with Crippen LogP contribution in [0.2, 0.25) is 0 Å². The van der Waals surface area contributed by atoms with E-state index in [1.165, 1.54) is 18.2 Å². The molecule has 1 aromatic rings. The average Bonchev–Trinajstić information content (AvgIpc) is 2.35. The molecule has 0 aliphatic heterocycles. The third-order valence-corrected chi connectivity index (χ3v) is 3.06. The second-order valence-corrected chi connectivity index (χ2v) is 6.06. The van der Waals surface area contributed by atoms with Crippen LogP contribution >= 0.6 is 0 Å². The highest BCUT2D eigenvalue weighted by Gasteiger charge is 2.05. The lowest BCUT2D eigenvalue weighted by atomic mass is 10.3. The van der Waals surface area contributed by atoms with Crippen molar-refractivity contribution in [2.45, 2.75) is 6.42 Å². The fraction of sp³-hybridized carbons (Fsp3) is 0.417. The van der Waals surface area contributed by atoms with Crippen LogP contribution in [0, 0.1) is 5.82 Å². The lowest BCUT2D eigenvalue weighted by Crippen LogP contribution is -2.31. The van der Waals surface area contributed by atoms with Crippen molar-refractivity contribution in [1.82, 2.24) is 10.0 Å². The van der Waals surface area contributed by atoms with Gasteiger partial charge in [0.25, 0.3) is 0 Å². The molecular weight excluding hydrogens is 285 g/mol. The highest BCUT2D eigenvalue weighted by Crippen LogP contribution is 2.11. The molecule has 0 unspecified atom stereocenters. The Hall–Kier alpha value is -1.51. The molecule has 0 fully saturated rings. The maximum absolute atomic E-state index is 13.3. The first-order valence-corrected chi connectivity index (χ1v) is 7.97. The zero-order valence-corrected chi connectivity index (χ0v) is 12.0. The van der Waals surface area contributed by atoms with E-state index in [1.54, 1.807) is 6.07 Å². The van der Waals surface area contributed by atoms with Gasteiger partial charge in [-0.3, -0.25) is 4.79 Å². The van der Waals surface area contributed by atoms with E-state index in [1.807, 2.05) is 0 Å². The van der Waals surface area contributed by atoms with Crippen LogP contribution < -0.4 is 15.4 Å². The van der Waals surface area contributed by atoms with Gasteiger partial charge >= 0.3 is 0 Å². The Morgan fingerprint density at radius 3 is 2.60 bits per heavy atom. The topological polar surface area (TPSA) is 87.3 Å². The van der Waals surface area contributed by atoms with Crippen molar-refractivity contribution in [3.8, 4) is 0 Å². The van der Waals surface area contributed by atoms with Crippen LogP contribution in [0.25, 0.3) is 0 Å². The molecule has 8 heteroatoms. The van der Waals surface area contributed by atoms with Crippen molar-refractivity contribution in [3.63, 3.8) is 0 Å². The van der Waals surface area contributed by atoms with E-state index in [9.17, 15) is 17.6 Å². The summed E-state index contributed by atoms with van der Waals surface area (Å²) < 4.78 is 37.1. The Kier molecular flexibility index (Phi) is 6.56. The number of hydrogen-bond donors (Lipinski definition) is 3. The Labute approximate surface area is 117 Å². The summed E-state index contributed by atoms with van der Waals surface area (Å²) in [6, 6.07) is 5.91. The van der Waals surface area contributed by atoms with Gasteiger partial charge < -0.3 is 10.6 Å². The van der Waals surface area contributed by atoms with Gasteiger partial charge in [-0.25, -0.2) is 17.5 Å². The minimum atomic E-state index is -3.17. The molecule has 1 amide bonds. The maximum atomic E-state index is 13.3. The normalized spacial score (nSPS) is 11.3. The summed E-state index contributed by atoms with van der Waals surface area (Å²) in [5.41, 5.74) is 0.137. The number of para-hydroxylation sites is 1. The van der Waals surface area contributed by atoms with Crippen molar-refractivity contribution in [2.24, 2.45) is 0 Å². The second kappa shape index (κ2) is 7.93. The van der Waals surface area contributed by atoms with Gasteiger partial charge in [0.15, 0.2) is 0 Å². The zero-order valence-electron chi connectivity index (χ0n) is 11.1. The largest absolute Gasteiger partial charge is 0.322 e. The first-order valence-electron chi connectivity index (χ1n) is 6.08. The molecule has 0 spiro atoms. The molecule has 3 N–H and O–H groups in total. The monoisotopic (exact) mass is 303 g/mol. The van der Waals surface area contributed by atoms with Crippen molar-refractivity contribution < 1.29 is 17.6 Å². The molecule has 0 atom stereocenters. The van der Waals surface area contributed by atoms with Gasteiger partial charge in [-0.05, 0) is 25.1 Å². The molecule has 6 nitrogen and oxygen atoms in total. The van der Waals surface area contributed by atoms with E-state index < -0.39 is 15.8 Å². The Balaban J connectivity index is 2.17. The highest BCUT2D eigenvalue weighted by molar-refractivity contribution is 7.88. The van der Waals surface area contributed by atoms with Gasteiger partial charge in [0.05, 0.1) is 18.5 Å². The van der Waals surface area contributed by atoms with E-state index >= 15 is 0 Å². The van der Waals surface area contributed by atoms with Gasteiger partial charge in [-0.15, -0.1) is 0 Å². The van der Waals surface area contributed by atoms with Crippen LogP contribution in [0.3, 0.4) is 0 Å². The van der Waals surface area contributed by atoms with Gasteiger partial charge in [0.1, 0.15) is 5.82 Å². The van der Waals surface area contributed by atoms with E-state index in [0.29, 0.717) is 19.5 Å². The standard InChI is InChI=1S/C12H18FN3O3S/c1-20(18,19)15-8-4-7-14-9-12(17)16-11-6-3-2-5-10(11)13/h2-3,5-6,14-15H,4,7-9H2,1H3,(H,16,17). The minimum absolute atomic E-state index is 0.0349. The van der Waals surface area contributed by atoms with Crippen molar-refractivity contribution >= 4 is 21.6 Å². The van der Waals surface area contributed by atoms with Crippen molar-refractivity contribution in [2.75, 3.05) is 31.2 Å². The molecule has 0 aliphatic rings. The van der Waals surface area contributed by atoms with Crippen LogP contribution in [-0.4, -0.2) is 40.2 Å². The summed E-state index contributed by atoms with van der Waals surface area (Å²) in [4.78, 5) is 11.5. The second-order valence-electron chi connectivity index (χ2n) is 4.22. The predicted molar refractivity (Wildman–Crippen MR) is 75.4 cm³/mol. The Morgan fingerprint density at radius 2 is 1.95 bits per heavy atom. The fourth-order valence-electron chi connectivity index (χ4n) is 1.43. The number of amides is 1. The smallest absolute Gasteiger partial charge is 0.238 e. The number of sulfonamides is 1. The van der Waals surface area contributed by atoms with E-state index in [4.69, 9.17) is 0 Å². The van der Waals surface area contributed by atoms with Crippen molar-refractivity contribution in [3.05, 3.63) is 30.1 Å². The molecule has 0 radical (unpaired) electrons. The molecule has 20 heavy (non-hydrogen) atoms. The van der Waals surface area contributed by atoms with Crippen LogP contribution in [-0.2, 0) is 14.8 Å². The van der Waals surface area contributed by atoms with Crippen LogP contribution in [0.5, 0.6) is 0 Å². The SMILES string of the molecule is CS(=O)(=O)NCCCNCC(=O)Nc1ccccc1F. The van der Waals surface area contributed by atoms with Gasteiger partial charge in [-0.1, -0.05) is 12.1 Å². The molecule has 1 aromatic carbocycles. The summed E-state index contributed by atoms with van der Waals surface area (Å²) in [5, 5.41) is 5.28. The quantitative estimate of drug-likeness (QED) is 0.603. The summed E-state index contributed by atoms with van der Waals surface area (Å²) in [6.07, 6.45) is 1.64. The van der Waals surface area contributed by atoms with Crippen molar-refractivity contribution in [1.29, 1.82) is 0 Å². The fourth-order valence-corrected chi connectivity index (χ4v) is 1.94. The molecule has 0 aliphatic carbocycles. The molecule has 0 bridgehead atoms. The number of benzene rings is 1. The third-order valence-electron chi connectivity index (χ3n) is 2.33. The molecule has 0 saturated heterocycles. The highest BCUT2D eigenvalue weighted by atomic mass is 32.2. The molecule has 1 rings (SSSR count). The number of nitrogens with one attached hydrogen (secondary N) is 3. The van der Waals surface area contributed by atoms with Gasteiger partial charge in [0.2, 0.25) is 15.9 Å². The summed E-state index contributed by atoms with van der Waals surface area (Å²) in [5.74, 6) is -0.843. The number of hydrogen-bond acceptors (Lipinski definition) is 4. The number of carbonyl (C=O) groups is 1. The lowest BCUT2D eigenvalue weighted by Gasteiger charge is -2.07. The molecule has 112 valence electrons. The van der Waals surface area contributed by atoms with E-state index in [-0.39, 0.29) is 18.1 Å². The lowest BCUT2D eigenvalue weighted by molar-refractivity contribution is -0.115. The van der Waals surface area contributed by atoms with E-state index in [0.717, 1.165) is 6.26 Å². The molecular formula is C12H18FN3O3S. The maximum Gasteiger partial charge on any atom is 0.238 e. The molecule has 0 heterocycles. The number of halogens is 1. The molecule has 0 aromatic heterocycles. The predicted octanol–water partition coefficient (Wildman–Crippen LogP) is 0.293. The summed E-state index contributed by atoms with van der Waals surface area (Å²) in [7, 11) is -3.17. The Bertz CT molecular complexity index is 549. The number of rotatable bonds is 8. The first kappa shape index (κ1) is 16.5. The van der Waals surface area contributed by atoms with E-state index in [2.05, 4.69) is 15.4 Å². The Morgan fingerprint density at radius 1 is 1.25 bits per heavy atom. The summed E-state index contributed by atoms with van der Waals surface area (Å²) in [6.45, 7) is 0.821. The van der Waals surface area contributed by atoms with Crippen LogP contribution in [0.15, 0.2) is 24.3 Å². The van der Waals surface area contributed by atoms with Crippen LogP contribution in [0.4, 0.5) is 10.1 Å². The minimum Gasteiger partial charge on any atom is -0.322 e. The number of anilines is 1. The third kappa shape index (κ3) is 7.17. The molecule has 0 saturated carbocycles. The average molecular weight is 303 g/mol. The van der Waals surface area contributed by atoms with Gasteiger partial charge in [0, 0.05) is 6.54 Å². The van der Waals surface area contributed by atoms with Gasteiger partial charge in [-0.2, -0.15) is 0 Å². The van der Waals surface area contributed by atoms with Crippen LogP contribution in [0.1, 0.15) is 6.42 Å². The number of carbonyl (C=O) groups excluding carboxylic acids is 1. The zero-order chi connectivity index (χ0) is 15.0. The summed E-state index contributed by atoms with van der Waals surface area (Å²) >= 11 is 0. The first-order chi connectivity index (χ1) is 9.38.